The number of unbranched alkanes of at least 4 members (excludes halogenated alkanes) is 1. The normalized spacial score (nSPS) is 23.8. The van der Waals surface area contributed by atoms with Crippen molar-refractivity contribution in [3.63, 3.8) is 0 Å². The fourth-order valence-electron chi connectivity index (χ4n) is 3.93. The molecule has 3 nitrogen and oxygen atoms in total. The first kappa shape index (κ1) is 16.8. The van der Waals surface area contributed by atoms with E-state index in [9.17, 15) is 4.39 Å². The van der Waals surface area contributed by atoms with Crippen LogP contribution in [0.3, 0.4) is 0 Å². The summed E-state index contributed by atoms with van der Waals surface area (Å²) >= 11 is 0. The zero-order chi connectivity index (χ0) is 18.1. The molecule has 1 aliphatic carbocycles. The topological polar surface area (TPSA) is 24.8 Å². The lowest BCUT2D eigenvalue weighted by Crippen LogP contribution is -2.39. The van der Waals surface area contributed by atoms with Crippen molar-refractivity contribution in [3.05, 3.63) is 77.8 Å². The Bertz CT molecular complexity index is 844. The van der Waals surface area contributed by atoms with Crippen LogP contribution in [0.2, 0.25) is 0 Å². The van der Waals surface area contributed by atoms with E-state index in [-0.39, 0.29) is 17.3 Å². The molecule has 2 aromatic carbocycles. The molecule has 1 heterocycles. The summed E-state index contributed by atoms with van der Waals surface area (Å²) in [6, 6.07) is 16.8. The molecule has 1 spiro atoms. The molecule has 26 heavy (non-hydrogen) atoms. The molecule has 0 radical (unpaired) electrons. The Hall–Kier alpha value is -2.62. The third-order valence-corrected chi connectivity index (χ3v) is 5.29. The quantitative estimate of drug-likeness (QED) is 0.721. The molecule has 2 aliphatic rings. The summed E-state index contributed by atoms with van der Waals surface area (Å²) in [5.74, 6) is 0.931. The monoisotopic (exact) mass is 350 g/mol. The molecule has 0 fully saturated rings. The Balaban J connectivity index is 1.78. The molecule has 0 saturated heterocycles. The summed E-state index contributed by atoms with van der Waals surface area (Å²) in [7, 11) is 1.72. The number of nitrogens with zero attached hydrogens (tertiary/aromatic N) is 2. The molecule has 2 atom stereocenters. The van der Waals surface area contributed by atoms with E-state index >= 15 is 0 Å². The van der Waals surface area contributed by atoms with Gasteiger partial charge in [-0.15, -0.1) is 0 Å². The molecular weight excluding hydrogens is 327 g/mol. The van der Waals surface area contributed by atoms with Crippen molar-refractivity contribution in [2.75, 3.05) is 12.1 Å². The van der Waals surface area contributed by atoms with Crippen molar-refractivity contribution in [1.82, 2.24) is 0 Å². The van der Waals surface area contributed by atoms with Gasteiger partial charge in [0.25, 0.3) is 0 Å². The number of ether oxygens (including phenoxy) is 1. The Kier molecular flexibility index (Phi) is 4.27. The van der Waals surface area contributed by atoms with Crippen LogP contribution < -0.4 is 5.01 Å². The minimum atomic E-state index is -0.324. The molecule has 1 aliphatic heterocycles. The first-order valence-corrected chi connectivity index (χ1v) is 9.17. The number of benzene rings is 2. The van der Waals surface area contributed by atoms with Gasteiger partial charge in [-0.1, -0.05) is 50.1 Å². The number of hydrogen-bond acceptors (Lipinski definition) is 3. The largest absolute Gasteiger partial charge is 0.498 e. The fraction of sp³-hybridized carbons (Fsp3) is 0.318. The van der Waals surface area contributed by atoms with Gasteiger partial charge in [-0.25, -0.2) is 9.40 Å². The molecule has 0 aromatic heterocycles. The summed E-state index contributed by atoms with van der Waals surface area (Å²) in [5, 5.41) is 7.08. The van der Waals surface area contributed by atoms with Crippen molar-refractivity contribution < 1.29 is 9.13 Å². The molecule has 134 valence electrons. The molecule has 4 heteroatoms. The van der Waals surface area contributed by atoms with Crippen LogP contribution in [0, 0.1) is 11.7 Å². The highest BCUT2D eigenvalue weighted by Gasteiger charge is 2.62. The van der Waals surface area contributed by atoms with Crippen molar-refractivity contribution >= 4 is 11.4 Å². The van der Waals surface area contributed by atoms with Gasteiger partial charge in [0.2, 0.25) is 0 Å². The smallest absolute Gasteiger partial charge is 0.150 e. The molecule has 4 rings (SSSR count). The minimum absolute atomic E-state index is 0.197. The van der Waals surface area contributed by atoms with Gasteiger partial charge in [-0.2, -0.15) is 5.10 Å². The van der Waals surface area contributed by atoms with Gasteiger partial charge in [0.1, 0.15) is 17.1 Å². The van der Waals surface area contributed by atoms with Crippen molar-refractivity contribution in [3.8, 4) is 0 Å². The Morgan fingerprint density at radius 2 is 1.85 bits per heavy atom. The van der Waals surface area contributed by atoms with Crippen LogP contribution in [0.15, 0.2) is 71.5 Å². The van der Waals surface area contributed by atoms with E-state index < -0.39 is 0 Å². The van der Waals surface area contributed by atoms with Crippen LogP contribution in [0.5, 0.6) is 0 Å². The van der Waals surface area contributed by atoms with Crippen molar-refractivity contribution in [2.24, 2.45) is 11.0 Å². The van der Waals surface area contributed by atoms with Gasteiger partial charge in [-0.05, 0) is 42.3 Å². The lowest BCUT2D eigenvalue weighted by Gasteiger charge is -2.29. The second-order valence-electron chi connectivity index (χ2n) is 6.87. The van der Waals surface area contributed by atoms with E-state index in [1.165, 1.54) is 12.1 Å². The number of hydrazone groups is 1. The van der Waals surface area contributed by atoms with E-state index in [1.807, 2.05) is 30.3 Å². The maximum absolute atomic E-state index is 13.4. The molecule has 0 bridgehead atoms. The second kappa shape index (κ2) is 6.60. The zero-order valence-electron chi connectivity index (χ0n) is 15.2. The predicted octanol–water partition coefficient (Wildman–Crippen LogP) is 5.14. The average molecular weight is 350 g/mol. The third kappa shape index (κ3) is 2.61. The lowest BCUT2D eigenvalue weighted by atomic mass is 9.83. The van der Waals surface area contributed by atoms with Crippen LogP contribution in [-0.2, 0) is 4.74 Å². The van der Waals surface area contributed by atoms with Crippen LogP contribution in [-0.4, -0.2) is 18.4 Å². The van der Waals surface area contributed by atoms with Crippen LogP contribution in [0.25, 0.3) is 0 Å². The van der Waals surface area contributed by atoms with Gasteiger partial charge in [0.05, 0.1) is 18.5 Å². The maximum Gasteiger partial charge on any atom is 0.150 e. The van der Waals surface area contributed by atoms with Gasteiger partial charge >= 0.3 is 0 Å². The van der Waals surface area contributed by atoms with Crippen LogP contribution >= 0.6 is 0 Å². The first-order valence-electron chi connectivity index (χ1n) is 9.17. The van der Waals surface area contributed by atoms with Gasteiger partial charge in [0, 0.05) is 5.92 Å². The molecule has 0 N–H and O–H groups in total. The summed E-state index contributed by atoms with van der Waals surface area (Å²) < 4.78 is 19.1. The highest BCUT2D eigenvalue weighted by Crippen LogP contribution is 2.54. The van der Waals surface area contributed by atoms with Crippen LogP contribution in [0.1, 0.15) is 31.7 Å². The maximum atomic E-state index is 13.4. The first-order chi connectivity index (χ1) is 12.7. The average Bonchev–Trinajstić information content (AvgIpc) is 3.31. The summed E-state index contributed by atoms with van der Waals surface area (Å²) in [5.41, 5.74) is 2.69. The molecular formula is C22H23FN2O. The summed E-state index contributed by atoms with van der Waals surface area (Å²) in [6.45, 7) is 2.20. The van der Waals surface area contributed by atoms with E-state index in [0.717, 1.165) is 42.0 Å². The Morgan fingerprint density at radius 1 is 1.12 bits per heavy atom. The Labute approximate surface area is 153 Å². The second-order valence-corrected chi connectivity index (χ2v) is 6.87. The SMILES string of the molecule is CCCCC1C(c2ccc(F)cc2)=NN(c2ccccc2)C12C=C2OC. The number of halogens is 1. The van der Waals surface area contributed by atoms with Gasteiger partial charge in [-0.3, -0.25) is 0 Å². The predicted molar refractivity (Wildman–Crippen MR) is 103 cm³/mol. The lowest BCUT2D eigenvalue weighted by molar-refractivity contribution is 0.268. The van der Waals surface area contributed by atoms with E-state index in [1.54, 1.807) is 7.11 Å². The minimum Gasteiger partial charge on any atom is -0.498 e. The van der Waals surface area contributed by atoms with Crippen molar-refractivity contribution in [1.29, 1.82) is 0 Å². The van der Waals surface area contributed by atoms with Crippen molar-refractivity contribution in [2.45, 2.75) is 31.7 Å². The van der Waals surface area contributed by atoms with Crippen LogP contribution in [0.4, 0.5) is 10.1 Å². The number of methoxy groups -OCH3 is 1. The highest BCUT2D eigenvalue weighted by molar-refractivity contribution is 6.07. The standard InChI is InChI=1S/C22H23FN2O/c1-3-4-10-19-21(16-11-13-17(23)14-12-16)24-25(18-8-6-5-7-9-18)22(19)15-20(22)26-2/h5-9,11-15,19H,3-4,10H2,1-2H3. The molecule has 0 amide bonds. The molecule has 2 aromatic rings. The Morgan fingerprint density at radius 3 is 2.46 bits per heavy atom. The van der Waals surface area contributed by atoms with Gasteiger partial charge in [0.15, 0.2) is 0 Å². The summed E-state index contributed by atoms with van der Waals surface area (Å²) in [4.78, 5) is 0. The van der Waals surface area contributed by atoms with E-state index in [0.29, 0.717) is 0 Å². The third-order valence-electron chi connectivity index (χ3n) is 5.29. The zero-order valence-corrected chi connectivity index (χ0v) is 15.2. The van der Waals surface area contributed by atoms with E-state index in [4.69, 9.17) is 9.84 Å². The highest BCUT2D eigenvalue weighted by atomic mass is 19.1. The number of hydrogen-bond donors (Lipinski definition) is 0. The fourth-order valence-corrected chi connectivity index (χ4v) is 3.93. The molecule has 2 unspecified atom stereocenters. The molecule has 0 saturated carbocycles. The number of para-hydroxylation sites is 1. The van der Waals surface area contributed by atoms with E-state index in [2.05, 4.69) is 30.1 Å². The number of anilines is 1. The van der Waals surface area contributed by atoms with Gasteiger partial charge < -0.3 is 4.74 Å². The number of rotatable bonds is 6. The summed E-state index contributed by atoms with van der Waals surface area (Å²) in [6.07, 6.45) is 5.41.